The van der Waals surface area contributed by atoms with Crippen molar-refractivity contribution in [3.8, 4) is 0 Å². The standard InChI is InChI=1S/C14H22FN3/c1-11-9-18(13-5-3-12(15)4-6-13)14(7-8-16)10-17(11)2/h3-6,11,14H,7-10,16H2,1-2H3. The number of halogens is 1. The lowest BCUT2D eigenvalue weighted by Gasteiger charge is -2.45. The van der Waals surface area contributed by atoms with Crippen molar-refractivity contribution >= 4 is 5.69 Å². The largest absolute Gasteiger partial charge is 0.366 e. The monoisotopic (exact) mass is 251 g/mol. The number of likely N-dealkylation sites (N-methyl/N-ethyl adjacent to an activating group) is 1. The average molecular weight is 251 g/mol. The van der Waals surface area contributed by atoms with Crippen LogP contribution in [-0.2, 0) is 0 Å². The summed E-state index contributed by atoms with van der Waals surface area (Å²) < 4.78 is 13.0. The fraction of sp³-hybridized carbons (Fsp3) is 0.571. The smallest absolute Gasteiger partial charge is 0.123 e. The summed E-state index contributed by atoms with van der Waals surface area (Å²) in [5.41, 5.74) is 6.79. The molecule has 0 bridgehead atoms. The highest BCUT2D eigenvalue weighted by Crippen LogP contribution is 2.24. The Morgan fingerprint density at radius 1 is 1.28 bits per heavy atom. The normalized spacial score (nSPS) is 25.4. The van der Waals surface area contributed by atoms with Crippen molar-refractivity contribution < 1.29 is 4.39 Å². The Kier molecular flexibility index (Phi) is 4.19. The van der Waals surface area contributed by atoms with Gasteiger partial charge in [0.1, 0.15) is 5.82 Å². The lowest BCUT2D eigenvalue weighted by Crippen LogP contribution is -2.56. The van der Waals surface area contributed by atoms with Gasteiger partial charge in [-0.3, -0.25) is 4.90 Å². The van der Waals surface area contributed by atoms with Crippen LogP contribution in [0, 0.1) is 5.82 Å². The zero-order valence-corrected chi connectivity index (χ0v) is 11.1. The summed E-state index contributed by atoms with van der Waals surface area (Å²) in [7, 11) is 2.15. The second-order valence-corrected chi connectivity index (χ2v) is 5.15. The van der Waals surface area contributed by atoms with Crippen LogP contribution in [0.15, 0.2) is 24.3 Å². The molecule has 1 aromatic carbocycles. The van der Waals surface area contributed by atoms with Crippen LogP contribution < -0.4 is 10.6 Å². The first-order chi connectivity index (χ1) is 8.61. The molecular formula is C14H22FN3. The van der Waals surface area contributed by atoms with Crippen LogP contribution in [0.4, 0.5) is 10.1 Å². The predicted octanol–water partition coefficient (Wildman–Crippen LogP) is 1.68. The van der Waals surface area contributed by atoms with Crippen molar-refractivity contribution in [3.05, 3.63) is 30.1 Å². The van der Waals surface area contributed by atoms with E-state index in [-0.39, 0.29) is 5.82 Å². The molecule has 0 amide bonds. The first kappa shape index (κ1) is 13.3. The van der Waals surface area contributed by atoms with Crippen LogP contribution in [0.2, 0.25) is 0 Å². The van der Waals surface area contributed by atoms with Gasteiger partial charge in [-0.25, -0.2) is 4.39 Å². The van der Waals surface area contributed by atoms with Gasteiger partial charge in [-0.15, -0.1) is 0 Å². The molecule has 0 aromatic heterocycles. The molecule has 1 fully saturated rings. The zero-order chi connectivity index (χ0) is 13.1. The molecule has 2 N–H and O–H groups in total. The van der Waals surface area contributed by atoms with Gasteiger partial charge in [0, 0.05) is 30.9 Å². The number of benzene rings is 1. The Morgan fingerprint density at radius 2 is 1.94 bits per heavy atom. The van der Waals surface area contributed by atoms with E-state index in [1.165, 1.54) is 12.1 Å². The second-order valence-electron chi connectivity index (χ2n) is 5.15. The van der Waals surface area contributed by atoms with Crippen LogP contribution in [0.25, 0.3) is 0 Å². The molecule has 1 aliphatic rings. The van der Waals surface area contributed by atoms with E-state index in [0.717, 1.165) is 25.2 Å². The molecule has 0 spiro atoms. The first-order valence-corrected chi connectivity index (χ1v) is 6.54. The first-order valence-electron chi connectivity index (χ1n) is 6.54. The van der Waals surface area contributed by atoms with Crippen molar-refractivity contribution in [3.63, 3.8) is 0 Å². The van der Waals surface area contributed by atoms with Gasteiger partial charge in [0.25, 0.3) is 0 Å². The molecule has 18 heavy (non-hydrogen) atoms. The third-order valence-corrected chi connectivity index (χ3v) is 3.81. The molecule has 0 aliphatic carbocycles. The van der Waals surface area contributed by atoms with Gasteiger partial charge in [-0.1, -0.05) is 0 Å². The summed E-state index contributed by atoms with van der Waals surface area (Å²) in [6.45, 7) is 4.88. The molecule has 3 nitrogen and oxygen atoms in total. The van der Waals surface area contributed by atoms with Crippen molar-refractivity contribution in [2.45, 2.75) is 25.4 Å². The van der Waals surface area contributed by atoms with E-state index in [1.807, 2.05) is 12.1 Å². The van der Waals surface area contributed by atoms with Gasteiger partial charge >= 0.3 is 0 Å². The van der Waals surface area contributed by atoms with Crippen molar-refractivity contribution in [1.82, 2.24) is 4.90 Å². The number of nitrogens with zero attached hydrogens (tertiary/aromatic N) is 2. The van der Waals surface area contributed by atoms with E-state index in [1.54, 1.807) is 0 Å². The highest BCUT2D eigenvalue weighted by molar-refractivity contribution is 5.48. The molecule has 1 aromatic rings. The lowest BCUT2D eigenvalue weighted by atomic mass is 10.0. The fourth-order valence-corrected chi connectivity index (χ4v) is 2.57. The topological polar surface area (TPSA) is 32.5 Å². The Labute approximate surface area is 108 Å². The molecule has 1 heterocycles. The van der Waals surface area contributed by atoms with E-state index >= 15 is 0 Å². The van der Waals surface area contributed by atoms with Crippen molar-refractivity contribution in [1.29, 1.82) is 0 Å². The summed E-state index contributed by atoms with van der Waals surface area (Å²) in [4.78, 5) is 4.72. The molecule has 2 rings (SSSR count). The van der Waals surface area contributed by atoms with E-state index in [9.17, 15) is 4.39 Å². The van der Waals surface area contributed by atoms with Gasteiger partial charge in [0.15, 0.2) is 0 Å². The molecule has 0 radical (unpaired) electrons. The maximum Gasteiger partial charge on any atom is 0.123 e. The third-order valence-electron chi connectivity index (χ3n) is 3.81. The van der Waals surface area contributed by atoms with Gasteiger partial charge in [0.2, 0.25) is 0 Å². The van der Waals surface area contributed by atoms with Crippen molar-refractivity contribution in [2.24, 2.45) is 5.73 Å². The summed E-state index contributed by atoms with van der Waals surface area (Å²) in [6, 6.07) is 7.69. The minimum Gasteiger partial charge on any atom is -0.366 e. The maximum atomic E-state index is 13.0. The van der Waals surface area contributed by atoms with E-state index < -0.39 is 0 Å². The van der Waals surface area contributed by atoms with Crippen LogP contribution in [-0.4, -0.2) is 43.7 Å². The number of anilines is 1. The van der Waals surface area contributed by atoms with Crippen molar-refractivity contribution in [2.75, 3.05) is 31.6 Å². The Morgan fingerprint density at radius 3 is 2.56 bits per heavy atom. The van der Waals surface area contributed by atoms with Gasteiger partial charge in [0.05, 0.1) is 0 Å². The van der Waals surface area contributed by atoms with E-state index in [0.29, 0.717) is 18.6 Å². The van der Waals surface area contributed by atoms with E-state index in [2.05, 4.69) is 23.8 Å². The Balaban J connectivity index is 2.19. The predicted molar refractivity (Wildman–Crippen MR) is 73.3 cm³/mol. The molecule has 100 valence electrons. The maximum absolute atomic E-state index is 13.0. The van der Waals surface area contributed by atoms with E-state index in [4.69, 9.17) is 5.73 Å². The number of piperazine rings is 1. The highest BCUT2D eigenvalue weighted by atomic mass is 19.1. The summed E-state index contributed by atoms with van der Waals surface area (Å²) in [5, 5.41) is 0. The van der Waals surface area contributed by atoms with Crippen LogP contribution in [0.1, 0.15) is 13.3 Å². The van der Waals surface area contributed by atoms with Gasteiger partial charge < -0.3 is 10.6 Å². The number of hydrogen-bond acceptors (Lipinski definition) is 3. The number of rotatable bonds is 3. The second kappa shape index (κ2) is 5.67. The molecule has 4 heteroatoms. The van der Waals surface area contributed by atoms with Crippen LogP contribution >= 0.6 is 0 Å². The quantitative estimate of drug-likeness (QED) is 0.887. The molecular weight excluding hydrogens is 229 g/mol. The molecule has 1 aliphatic heterocycles. The molecule has 0 saturated carbocycles. The Bertz CT molecular complexity index is 379. The Hall–Kier alpha value is -1.13. The summed E-state index contributed by atoms with van der Waals surface area (Å²) >= 11 is 0. The lowest BCUT2D eigenvalue weighted by molar-refractivity contribution is 0.196. The SMILES string of the molecule is CC1CN(c2ccc(F)cc2)C(CCN)CN1C. The van der Waals surface area contributed by atoms with Gasteiger partial charge in [-0.05, 0) is 51.2 Å². The number of nitrogens with two attached hydrogens (primary N) is 1. The zero-order valence-electron chi connectivity index (χ0n) is 11.1. The molecule has 2 unspecified atom stereocenters. The summed E-state index contributed by atoms with van der Waals surface area (Å²) in [6.07, 6.45) is 0.967. The third kappa shape index (κ3) is 2.82. The van der Waals surface area contributed by atoms with Crippen LogP contribution in [0.5, 0.6) is 0 Å². The minimum absolute atomic E-state index is 0.184. The molecule has 2 atom stereocenters. The average Bonchev–Trinajstić information content (AvgIpc) is 2.35. The highest BCUT2D eigenvalue weighted by Gasteiger charge is 2.29. The number of hydrogen-bond donors (Lipinski definition) is 1. The summed E-state index contributed by atoms with van der Waals surface area (Å²) in [5.74, 6) is -0.184. The van der Waals surface area contributed by atoms with Crippen LogP contribution in [0.3, 0.4) is 0 Å². The fourth-order valence-electron chi connectivity index (χ4n) is 2.57. The minimum atomic E-state index is -0.184. The molecule has 1 saturated heterocycles. The van der Waals surface area contributed by atoms with Gasteiger partial charge in [-0.2, -0.15) is 0 Å².